The minimum absolute atomic E-state index is 0.0373. The van der Waals surface area contributed by atoms with Crippen LogP contribution in [0.4, 0.5) is 19.1 Å². The number of anilines is 1. The average Bonchev–Trinajstić information content (AvgIpc) is 3.22. The molecule has 14 heteroatoms. The molecule has 0 spiro atoms. The van der Waals surface area contributed by atoms with E-state index >= 15 is 0 Å². The highest BCUT2D eigenvalue weighted by molar-refractivity contribution is 7.92. The Morgan fingerprint density at radius 3 is 2.76 bits per heavy atom. The predicted molar refractivity (Wildman–Crippen MR) is 93.9 cm³/mol. The molecule has 4 rings (SSSR count). The van der Waals surface area contributed by atoms with Crippen LogP contribution in [0.25, 0.3) is 21.9 Å². The second-order valence-electron chi connectivity index (χ2n) is 6.74. The molecule has 152 valence electrons. The molecule has 0 unspecified atom stereocenters. The van der Waals surface area contributed by atoms with Crippen molar-refractivity contribution in [3.8, 4) is 11.4 Å². The Morgan fingerprint density at radius 2 is 2.10 bits per heavy atom. The van der Waals surface area contributed by atoms with Crippen LogP contribution in [0.3, 0.4) is 0 Å². The van der Waals surface area contributed by atoms with Gasteiger partial charge in [0.05, 0.1) is 17.0 Å². The molecule has 1 aliphatic rings. The number of aromatic nitrogens is 6. The third-order valence-electron chi connectivity index (χ3n) is 4.95. The number of hydrogen-bond donors (Lipinski definition) is 1. The van der Waals surface area contributed by atoms with Crippen molar-refractivity contribution in [1.82, 2.24) is 29.4 Å². The molecule has 0 bridgehead atoms. The Hall–Kier alpha value is -3.21. The molecule has 3 aromatic heterocycles. The number of nitrogens with zero attached hydrogens (tertiary/aromatic N) is 7. The quantitative estimate of drug-likeness (QED) is 0.623. The van der Waals surface area contributed by atoms with E-state index in [9.17, 15) is 21.6 Å². The summed E-state index contributed by atoms with van der Waals surface area (Å²) < 4.78 is 64.5. The van der Waals surface area contributed by atoms with E-state index in [1.54, 1.807) is 6.07 Å². The summed E-state index contributed by atoms with van der Waals surface area (Å²) in [4.78, 5) is 11.5. The smallest absolute Gasteiger partial charge is 0.366 e. The van der Waals surface area contributed by atoms with Gasteiger partial charge in [-0.3, -0.25) is 4.68 Å². The molecular weight excluding hydrogens is 413 g/mol. The van der Waals surface area contributed by atoms with Gasteiger partial charge in [-0.1, -0.05) is 0 Å². The molecule has 1 aliphatic carbocycles. The van der Waals surface area contributed by atoms with E-state index in [1.807, 2.05) is 0 Å². The van der Waals surface area contributed by atoms with E-state index in [1.165, 1.54) is 27.8 Å². The molecule has 1 saturated carbocycles. The topological polar surface area (TPSA) is 125 Å². The van der Waals surface area contributed by atoms with Gasteiger partial charge in [-0.05, 0) is 12.8 Å². The van der Waals surface area contributed by atoms with Crippen molar-refractivity contribution in [2.45, 2.75) is 29.1 Å². The van der Waals surface area contributed by atoms with Crippen molar-refractivity contribution < 1.29 is 21.6 Å². The highest BCUT2D eigenvalue weighted by Crippen LogP contribution is 2.47. The highest BCUT2D eigenvalue weighted by Gasteiger charge is 2.61. The maximum atomic E-state index is 12.8. The zero-order valence-electron chi connectivity index (χ0n) is 14.6. The Kier molecular flexibility index (Phi) is 4.05. The summed E-state index contributed by atoms with van der Waals surface area (Å²) in [5.74, 6) is 0.380. The van der Waals surface area contributed by atoms with Crippen LogP contribution < -0.4 is 5.73 Å². The van der Waals surface area contributed by atoms with Crippen molar-refractivity contribution in [1.29, 1.82) is 0 Å². The molecule has 29 heavy (non-hydrogen) atoms. The fourth-order valence-electron chi connectivity index (χ4n) is 3.46. The highest BCUT2D eigenvalue weighted by atomic mass is 32.2. The first-order valence-electron chi connectivity index (χ1n) is 8.23. The van der Waals surface area contributed by atoms with Crippen LogP contribution in [0.5, 0.6) is 0 Å². The molecular formula is C15H13F3N8O2S. The third kappa shape index (κ3) is 2.89. The Balaban J connectivity index is 1.68. The molecule has 0 aliphatic heterocycles. The molecule has 2 N–H and O–H groups in total. The average molecular weight is 426 g/mol. The summed E-state index contributed by atoms with van der Waals surface area (Å²) in [5, 5.41) is 6.59. The van der Waals surface area contributed by atoms with Gasteiger partial charge in [0.25, 0.3) is 9.84 Å². The molecule has 10 nitrogen and oxygen atoms in total. The minimum Gasteiger partial charge on any atom is -0.366 e. The van der Waals surface area contributed by atoms with E-state index in [2.05, 4.69) is 25.0 Å². The molecule has 0 saturated heterocycles. The van der Waals surface area contributed by atoms with Gasteiger partial charge in [0.2, 0.25) is 12.5 Å². The summed E-state index contributed by atoms with van der Waals surface area (Å²) in [6.07, 6.45) is 3.69. The summed E-state index contributed by atoms with van der Waals surface area (Å²) in [6.45, 7) is 6.93. The van der Waals surface area contributed by atoms with E-state index in [4.69, 9.17) is 12.3 Å². The second-order valence-corrected chi connectivity index (χ2v) is 8.96. The van der Waals surface area contributed by atoms with E-state index in [0.717, 1.165) is 0 Å². The molecule has 3 heterocycles. The number of fused-ring (bicyclic) bond motifs is 1. The van der Waals surface area contributed by atoms with Gasteiger partial charge in [0, 0.05) is 18.5 Å². The summed E-state index contributed by atoms with van der Waals surface area (Å²) in [7, 11) is -5.30. The van der Waals surface area contributed by atoms with Crippen LogP contribution >= 0.6 is 0 Å². The summed E-state index contributed by atoms with van der Waals surface area (Å²) in [5.41, 5.74) is 0.0351. The van der Waals surface area contributed by atoms with Crippen molar-refractivity contribution >= 4 is 21.4 Å². The zero-order chi connectivity index (χ0) is 21.0. The molecule has 0 aromatic carbocycles. The van der Waals surface area contributed by atoms with Crippen molar-refractivity contribution in [2.75, 3.05) is 12.3 Å². The van der Waals surface area contributed by atoms with Crippen molar-refractivity contribution in [2.24, 2.45) is 0 Å². The van der Waals surface area contributed by atoms with Gasteiger partial charge >= 0.3 is 5.51 Å². The van der Waals surface area contributed by atoms with Gasteiger partial charge in [0.1, 0.15) is 5.54 Å². The SMILES string of the molecule is [C-]#[N+]CC1(n2cc(-c3nccc4nc(N)nn34)cn2)CC(S(=O)(=O)C(F)(F)F)C1. The minimum atomic E-state index is -5.33. The second kappa shape index (κ2) is 6.14. The number of hydrogen-bond acceptors (Lipinski definition) is 7. The number of rotatable bonds is 4. The van der Waals surface area contributed by atoms with Crippen LogP contribution in [-0.4, -0.2) is 55.1 Å². The molecule has 0 radical (unpaired) electrons. The Labute approximate surface area is 161 Å². The summed E-state index contributed by atoms with van der Waals surface area (Å²) >= 11 is 0. The standard InChI is InChI=1S/C15H13F3N8O2S/c1-20-8-14(4-10(5-14)29(27,28)15(16,17)18)25-7-9(6-22-25)12-21-3-2-11-23-13(19)24-26(11)12/h2-3,6-7,10H,4-5,8H2,(H2,19,24). The predicted octanol–water partition coefficient (Wildman–Crippen LogP) is 1.28. The first kappa shape index (κ1) is 19.1. The molecule has 1 fully saturated rings. The Morgan fingerprint density at radius 1 is 1.38 bits per heavy atom. The first-order valence-corrected chi connectivity index (χ1v) is 9.78. The number of nitrogen functional groups attached to an aromatic ring is 1. The lowest BCUT2D eigenvalue weighted by atomic mass is 9.76. The monoisotopic (exact) mass is 426 g/mol. The fourth-order valence-corrected chi connectivity index (χ4v) is 4.90. The molecule has 0 atom stereocenters. The van der Waals surface area contributed by atoms with E-state index < -0.39 is 26.1 Å². The normalized spacial score (nSPS) is 22.3. The van der Waals surface area contributed by atoms with Crippen molar-refractivity contribution in [3.05, 3.63) is 36.1 Å². The summed E-state index contributed by atoms with van der Waals surface area (Å²) in [6, 6.07) is 1.59. The zero-order valence-corrected chi connectivity index (χ0v) is 15.4. The number of halogens is 3. The van der Waals surface area contributed by atoms with Gasteiger partial charge in [-0.2, -0.15) is 27.8 Å². The third-order valence-corrected chi connectivity index (χ3v) is 6.80. The van der Waals surface area contributed by atoms with Crippen LogP contribution in [-0.2, 0) is 15.4 Å². The molecule has 0 amide bonds. The lowest BCUT2D eigenvalue weighted by molar-refractivity contribution is -0.0468. The lowest BCUT2D eigenvalue weighted by Gasteiger charge is -2.43. The van der Waals surface area contributed by atoms with Gasteiger partial charge in [-0.15, -0.1) is 5.10 Å². The largest absolute Gasteiger partial charge is 0.497 e. The first-order chi connectivity index (χ1) is 13.6. The van der Waals surface area contributed by atoms with Gasteiger partial charge in [0.15, 0.2) is 11.5 Å². The maximum absolute atomic E-state index is 12.8. The Bertz CT molecular complexity index is 1230. The van der Waals surface area contributed by atoms with Crippen LogP contribution in [0.15, 0.2) is 24.7 Å². The molecule has 3 aromatic rings. The number of alkyl halides is 3. The van der Waals surface area contributed by atoms with Crippen molar-refractivity contribution in [3.63, 3.8) is 0 Å². The number of nitrogens with two attached hydrogens (primary N) is 1. The fraction of sp³-hybridized carbons (Fsp3) is 0.400. The van der Waals surface area contributed by atoms with Crippen LogP contribution in [0.1, 0.15) is 12.8 Å². The van der Waals surface area contributed by atoms with Crippen LogP contribution in [0, 0.1) is 6.57 Å². The number of sulfone groups is 1. The van der Waals surface area contributed by atoms with Crippen LogP contribution in [0.2, 0.25) is 0 Å². The van der Waals surface area contributed by atoms with E-state index in [-0.39, 0.29) is 25.3 Å². The van der Waals surface area contributed by atoms with E-state index in [0.29, 0.717) is 17.0 Å². The lowest BCUT2D eigenvalue weighted by Crippen LogP contribution is -2.56. The van der Waals surface area contributed by atoms with Gasteiger partial charge in [-0.25, -0.2) is 20.0 Å². The maximum Gasteiger partial charge on any atom is 0.497 e. The van der Waals surface area contributed by atoms with Gasteiger partial charge < -0.3 is 10.6 Å².